The van der Waals surface area contributed by atoms with Crippen LogP contribution in [-0.4, -0.2) is 23.5 Å². The third-order valence-electron chi connectivity index (χ3n) is 7.95. The topological polar surface area (TPSA) is 63.2 Å². The van der Waals surface area contributed by atoms with Gasteiger partial charge >= 0.3 is 0 Å². The molecule has 4 nitrogen and oxygen atoms in total. The largest absolute Gasteiger partial charge is 0.351 e. The second-order valence-corrected chi connectivity index (χ2v) is 10.1. The van der Waals surface area contributed by atoms with Crippen LogP contribution < -0.4 is 5.32 Å². The Morgan fingerprint density at radius 3 is 2.55 bits per heavy atom. The summed E-state index contributed by atoms with van der Waals surface area (Å²) in [5.41, 5.74) is 1.25. The minimum Gasteiger partial charge on any atom is -0.351 e. The van der Waals surface area contributed by atoms with Crippen LogP contribution in [0.15, 0.2) is 65.8 Å². The van der Waals surface area contributed by atoms with E-state index in [0.29, 0.717) is 17.9 Å². The van der Waals surface area contributed by atoms with Crippen molar-refractivity contribution in [3.8, 4) is 0 Å². The molecule has 1 fully saturated rings. The zero-order valence-electron chi connectivity index (χ0n) is 20.0. The lowest BCUT2D eigenvalue weighted by molar-refractivity contribution is -0.146. The molecule has 1 saturated heterocycles. The number of ketones is 2. The van der Waals surface area contributed by atoms with Crippen LogP contribution in [0.1, 0.15) is 58.4 Å². The van der Waals surface area contributed by atoms with Gasteiger partial charge in [0.05, 0.1) is 5.92 Å². The third kappa shape index (κ3) is 4.16. The van der Waals surface area contributed by atoms with Crippen LogP contribution in [0.2, 0.25) is 0 Å². The molecule has 1 heterocycles. The number of allylic oxidation sites excluding steroid dienone is 5. The highest BCUT2D eigenvalue weighted by atomic mass is 16.2. The first-order chi connectivity index (χ1) is 15.9. The van der Waals surface area contributed by atoms with Gasteiger partial charge in [-0.2, -0.15) is 0 Å². The van der Waals surface area contributed by atoms with Crippen molar-refractivity contribution in [2.24, 2.45) is 23.2 Å². The Labute approximate surface area is 197 Å². The fraction of sp³-hybridized carbons (Fsp3) is 0.483. The Balaban J connectivity index is 1.84. The molecule has 0 saturated carbocycles. The average Bonchev–Trinajstić information content (AvgIpc) is 3.09. The van der Waals surface area contributed by atoms with Gasteiger partial charge in [-0.1, -0.05) is 73.9 Å². The summed E-state index contributed by atoms with van der Waals surface area (Å²) in [7, 11) is 0. The molecule has 1 spiro atoms. The van der Waals surface area contributed by atoms with E-state index in [0.717, 1.165) is 43.2 Å². The van der Waals surface area contributed by atoms with Crippen molar-refractivity contribution < 1.29 is 14.4 Å². The van der Waals surface area contributed by atoms with Crippen LogP contribution in [0.25, 0.3) is 0 Å². The second-order valence-electron chi connectivity index (χ2n) is 10.1. The van der Waals surface area contributed by atoms with Gasteiger partial charge in [-0.15, -0.1) is 0 Å². The van der Waals surface area contributed by atoms with Crippen molar-refractivity contribution in [2.45, 2.75) is 65.3 Å². The molecule has 5 atom stereocenters. The summed E-state index contributed by atoms with van der Waals surface area (Å²) in [5.74, 6) is -1.24. The van der Waals surface area contributed by atoms with Crippen LogP contribution in [0.5, 0.6) is 0 Å². The summed E-state index contributed by atoms with van der Waals surface area (Å²) in [6.45, 7) is 6.00. The third-order valence-corrected chi connectivity index (χ3v) is 7.95. The SMILES string of the molecule is CC1=C(C)C2C(Cc3ccccc3)NC(=O)C23C(=O)/C=C/CCCCC(C)C/C=C/C3C1=O. The van der Waals surface area contributed by atoms with Gasteiger partial charge < -0.3 is 5.32 Å². The van der Waals surface area contributed by atoms with Crippen LogP contribution in [0.4, 0.5) is 0 Å². The Hall–Kier alpha value is -2.75. The van der Waals surface area contributed by atoms with Gasteiger partial charge in [0, 0.05) is 12.0 Å². The number of rotatable bonds is 2. The van der Waals surface area contributed by atoms with Crippen LogP contribution in [0, 0.1) is 23.2 Å². The molecule has 0 bridgehead atoms. The van der Waals surface area contributed by atoms with Gasteiger partial charge in [0.1, 0.15) is 5.41 Å². The van der Waals surface area contributed by atoms with E-state index in [-0.39, 0.29) is 29.4 Å². The van der Waals surface area contributed by atoms with E-state index in [1.807, 2.05) is 62.4 Å². The molecule has 174 valence electrons. The second kappa shape index (κ2) is 9.62. The number of amides is 1. The zero-order chi connectivity index (χ0) is 23.6. The molecule has 1 amide bonds. The Bertz CT molecular complexity index is 1020. The lowest BCUT2D eigenvalue weighted by atomic mass is 9.55. The fourth-order valence-electron chi connectivity index (χ4n) is 6.02. The first kappa shape index (κ1) is 23.4. The summed E-state index contributed by atoms with van der Waals surface area (Å²) in [4.78, 5) is 41.2. The minimum atomic E-state index is -1.41. The van der Waals surface area contributed by atoms with Crippen molar-refractivity contribution >= 4 is 17.5 Å². The standard InChI is InChI=1S/C29H35NO3/c1-19-12-7-4-5-10-17-25(31)29-23(16-11-13-19)27(32)21(3)20(2)26(29)24(30-28(29)33)18-22-14-8-6-9-15-22/h6,8-11,14-17,19,23-24,26H,4-5,7,12-13,18H2,1-3H3,(H,30,33)/b16-11+,17-10+. The number of nitrogens with one attached hydrogen (secondary N) is 1. The number of Topliss-reactive ketones (excluding diaryl/α,β-unsaturated/α-hetero) is 1. The molecule has 1 N–H and O–H groups in total. The van der Waals surface area contributed by atoms with E-state index in [4.69, 9.17) is 0 Å². The van der Waals surface area contributed by atoms with E-state index in [1.165, 1.54) is 0 Å². The monoisotopic (exact) mass is 445 g/mol. The molecule has 4 heteroatoms. The predicted octanol–water partition coefficient (Wildman–Crippen LogP) is 5.15. The van der Waals surface area contributed by atoms with E-state index in [9.17, 15) is 14.4 Å². The summed E-state index contributed by atoms with van der Waals surface area (Å²) in [6.07, 6.45) is 12.9. The van der Waals surface area contributed by atoms with Gasteiger partial charge in [0.15, 0.2) is 11.6 Å². The van der Waals surface area contributed by atoms with Crippen LogP contribution in [-0.2, 0) is 20.8 Å². The molecule has 5 unspecified atom stereocenters. The summed E-state index contributed by atoms with van der Waals surface area (Å²) < 4.78 is 0. The van der Waals surface area contributed by atoms with Crippen molar-refractivity contribution in [1.29, 1.82) is 0 Å². The van der Waals surface area contributed by atoms with Crippen LogP contribution >= 0.6 is 0 Å². The highest BCUT2D eigenvalue weighted by Gasteiger charge is 2.66. The molecular formula is C29H35NO3. The van der Waals surface area contributed by atoms with Crippen LogP contribution in [0.3, 0.4) is 0 Å². The van der Waals surface area contributed by atoms with E-state index in [2.05, 4.69) is 12.2 Å². The molecule has 1 aromatic rings. The Kier molecular flexibility index (Phi) is 6.83. The quantitative estimate of drug-likeness (QED) is 0.506. The molecule has 2 aliphatic carbocycles. The first-order valence-electron chi connectivity index (χ1n) is 12.3. The summed E-state index contributed by atoms with van der Waals surface area (Å²) in [6, 6.07) is 9.80. The Morgan fingerprint density at radius 2 is 1.79 bits per heavy atom. The lowest BCUT2D eigenvalue weighted by Crippen LogP contribution is -2.53. The highest BCUT2D eigenvalue weighted by Crippen LogP contribution is 2.53. The van der Waals surface area contributed by atoms with Gasteiger partial charge in [0.25, 0.3) is 0 Å². The minimum absolute atomic E-state index is 0.0974. The fourth-order valence-corrected chi connectivity index (χ4v) is 6.02. The number of carbonyl (C=O) groups is 3. The van der Waals surface area contributed by atoms with E-state index >= 15 is 0 Å². The zero-order valence-corrected chi connectivity index (χ0v) is 20.0. The molecule has 33 heavy (non-hydrogen) atoms. The Morgan fingerprint density at radius 1 is 1.03 bits per heavy atom. The van der Waals surface area contributed by atoms with E-state index < -0.39 is 11.3 Å². The normalized spacial score (nSPS) is 34.9. The number of carbonyl (C=O) groups excluding carboxylic acids is 3. The number of hydrogen-bond acceptors (Lipinski definition) is 3. The maximum Gasteiger partial charge on any atom is 0.236 e. The lowest BCUT2D eigenvalue weighted by Gasteiger charge is -2.42. The summed E-state index contributed by atoms with van der Waals surface area (Å²) >= 11 is 0. The van der Waals surface area contributed by atoms with Crippen molar-refractivity contribution in [2.75, 3.05) is 0 Å². The summed E-state index contributed by atoms with van der Waals surface area (Å²) in [5, 5.41) is 3.16. The van der Waals surface area contributed by atoms with Crippen molar-refractivity contribution in [1.82, 2.24) is 5.32 Å². The van der Waals surface area contributed by atoms with Crippen molar-refractivity contribution in [3.63, 3.8) is 0 Å². The predicted molar refractivity (Wildman–Crippen MR) is 130 cm³/mol. The highest BCUT2D eigenvalue weighted by molar-refractivity contribution is 6.19. The molecule has 1 aliphatic heterocycles. The molecule has 3 aliphatic rings. The molecule has 1 aromatic carbocycles. The average molecular weight is 446 g/mol. The van der Waals surface area contributed by atoms with Gasteiger partial charge in [-0.05, 0) is 62.7 Å². The van der Waals surface area contributed by atoms with Gasteiger partial charge in [-0.25, -0.2) is 0 Å². The van der Waals surface area contributed by atoms with Gasteiger partial charge in [-0.3, -0.25) is 14.4 Å². The molecule has 0 radical (unpaired) electrons. The van der Waals surface area contributed by atoms with E-state index in [1.54, 1.807) is 6.08 Å². The van der Waals surface area contributed by atoms with Crippen molar-refractivity contribution in [3.05, 3.63) is 71.3 Å². The van der Waals surface area contributed by atoms with Gasteiger partial charge in [0.2, 0.25) is 5.91 Å². The molecule has 0 aromatic heterocycles. The maximum atomic E-state index is 13.9. The number of hydrogen-bond donors (Lipinski definition) is 1. The smallest absolute Gasteiger partial charge is 0.236 e. The maximum absolute atomic E-state index is 13.9. The first-order valence-corrected chi connectivity index (χ1v) is 12.3. The molecular weight excluding hydrogens is 410 g/mol. The number of benzene rings is 1. The molecule has 4 rings (SSSR count).